The lowest BCUT2D eigenvalue weighted by atomic mass is 10.1. The van der Waals surface area contributed by atoms with Crippen LogP contribution in [0.3, 0.4) is 0 Å². The SMILES string of the molecule is C[C@@H](CCc1ccccc1)NC(=O)[C@@H](C)Sc1nnnn1-c1ccc(Cl)cc1. The quantitative estimate of drug-likeness (QED) is 0.564. The summed E-state index contributed by atoms with van der Waals surface area (Å²) in [5.74, 6) is -0.0313. The van der Waals surface area contributed by atoms with Crippen molar-refractivity contribution in [3.8, 4) is 5.69 Å². The van der Waals surface area contributed by atoms with Gasteiger partial charge in [0.05, 0.1) is 10.9 Å². The summed E-state index contributed by atoms with van der Waals surface area (Å²) in [5, 5.41) is 15.7. The van der Waals surface area contributed by atoms with Crippen LogP contribution < -0.4 is 5.32 Å². The van der Waals surface area contributed by atoms with Crippen LogP contribution in [-0.2, 0) is 11.2 Å². The van der Waals surface area contributed by atoms with Crippen molar-refractivity contribution < 1.29 is 4.79 Å². The lowest BCUT2D eigenvalue weighted by molar-refractivity contribution is -0.120. The van der Waals surface area contributed by atoms with Gasteiger partial charge in [-0.2, -0.15) is 4.68 Å². The van der Waals surface area contributed by atoms with Crippen molar-refractivity contribution in [2.24, 2.45) is 0 Å². The lowest BCUT2D eigenvalue weighted by Crippen LogP contribution is -2.38. The number of aryl methyl sites for hydroxylation is 1. The van der Waals surface area contributed by atoms with Crippen LogP contribution in [0.5, 0.6) is 0 Å². The van der Waals surface area contributed by atoms with Crippen LogP contribution in [0, 0.1) is 0 Å². The monoisotopic (exact) mass is 415 g/mol. The van der Waals surface area contributed by atoms with E-state index in [2.05, 4.69) is 33.0 Å². The maximum Gasteiger partial charge on any atom is 0.233 e. The van der Waals surface area contributed by atoms with Crippen molar-refractivity contribution in [2.45, 2.75) is 43.1 Å². The summed E-state index contributed by atoms with van der Waals surface area (Å²) in [5.41, 5.74) is 2.06. The van der Waals surface area contributed by atoms with E-state index in [1.165, 1.54) is 17.3 Å². The maximum absolute atomic E-state index is 12.6. The molecule has 1 heterocycles. The number of aromatic nitrogens is 4. The molecule has 3 aromatic rings. The molecule has 3 rings (SSSR count). The van der Waals surface area contributed by atoms with E-state index in [-0.39, 0.29) is 17.2 Å². The number of carbonyl (C=O) groups excluding carboxylic acids is 1. The Kier molecular flexibility index (Phi) is 7.06. The molecule has 2 aromatic carbocycles. The van der Waals surface area contributed by atoms with E-state index in [1.807, 2.05) is 44.2 Å². The van der Waals surface area contributed by atoms with Gasteiger partial charge >= 0.3 is 0 Å². The first-order valence-corrected chi connectivity index (χ1v) is 10.3. The summed E-state index contributed by atoms with van der Waals surface area (Å²) in [7, 11) is 0. The molecule has 1 aromatic heterocycles. The van der Waals surface area contributed by atoms with Gasteiger partial charge in [0.25, 0.3) is 0 Å². The molecule has 0 aliphatic rings. The van der Waals surface area contributed by atoms with Crippen molar-refractivity contribution >= 4 is 29.3 Å². The molecule has 0 saturated heterocycles. The number of tetrazole rings is 1. The Bertz CT molecular complexity index is 900. The van der Waals surface area contributed by atoms with Crippen molar-refractivity contribution in [2.75, 3.05) is 0 Å². The molecule has 146 valence electrons. The molecule has 1 N–H and O–H groups in total. The Balaban J connectivity index is 1.54. The molecule has 1 amide bonds. The summed E-state index contributed by atoms with van der Waals surface area (Å²) in [6, 6.07) is 17.6. The summed E-state index contributed by atoms with van der Waals surface area (Å²) in [6.07, 6.45) is 1.81. The number of thioether (sulfide) groups is 1. The molecule has 0 aliphatic heterocycles. The van der Waals surface area contributed by atoms with Crippen LogP contribution in [0.4, 0.5) is 0 Å². The molecular formula is C20H22ClN5OS. The smallest absolute Gasteiger partial charge is 0.233 e. The number of amides is 1. The van der Waals surface area contributed by atoms with E-state index >= 15 is 0 Å². The molecular weight excluding hydrogens is 394 g/mol. The number of nitrogens with zero attached hydrogens (tertiary/aromatic N) is 4. The average Bonchev–Trinajstić information content (AvgIpc) is 3.16. The third-order valence-corrected chi connectivity index (χ3v) is 5.55. The Morgan fingerprint density at radius 1 is 1.14 bits per heavy atom. The highest BCUT2D eigenvalue weighted by atomic mass is 35.5. The van der Waals surface area contributed by atoms with Gasteiger partial charge in [-0.25, -0.2) is 0 Å². The Labute approximate surface area is 173 Å². The molecule has 0 spiro atoms. The fourth-order valence-electron chi connectivity index (χ4n) is 2.67. The third kappa shape index (κ3) is 5.56. The number of carbonyl (C=O) groups is 1. The van der Waals surface area contributed by atoms with Crippen LogP contribution >= 0.6 is 23.4 Å². The van der Waals surface area contributed by atoms with Crippen LogP contribution in [0.2, 0.25) is 5.02 Å². The predicted octanol–water partition coefficient (Wildman–Crippen LogP) is 3.93. The fourth-order valence-corrected chi connectivity index (χ4v) is 3.61. The largest absolute Gasteiger partial charge is 0.353 e. The number of hydrogen-bond donors (Lipinski definition) is 1. The minimum Gasteiger partial charge on any atom is -0.353 e. The van der Waals surface area contributed by atoms with Gasteiger partial charge in [0.2, 0.25) is 11.1 Å². The second kappa shape index (κ2) is 9.71. The van der Waals surface area contributed by atoms with Gasteiger partial charge in [0.1, 0.15) is 0 Å². The second-order valence-electron chi connectivity index (χ2n) is 6.54. The zero-order valence-corrected chi connectivity index (χ0v) is 17.3. The van der Waals surface area contributed by atoms with Gasteiger partial charge in [0.15, 0.2) is 0 Å². The molecule has 6 nitrogen and oxygen atoms in total. The average molecular weight is 416 g/mol. The third-order valence-electron chi connectivity index (χ3n) is 4.26. The fraction of sp³-hybridized carbons (Fsp3) is 0.300. The van der Waals surface area contributed by atoms with Crippen molar-refractivity contribution in [3.05, 3.63) is 65.2 Å². The van der Waals surface area contributed by atoms with E-state index in [9.17, 15) is 4.79 Å². The molecule has 0 aliphatic carbocycles. The first-order valence-electron chi connectivity index (χ1n) is 9.08. The minimum absolute atomic E-state index is 0.0313. The first kappa shape index (κ1) is 20.4. The zero-order chi connectivity index (χ0) is 19.9. The van der Waals surface area contributed by atoms with Gasteiger partial charge in [-0.1, -0.05) is 53.7 Å². The molecule has 28 heavy (non-hydrogen) atoms. The summed E-state index contributed by atoms with van der Waals surface area (Å²) in [6.45, 7) is 3.88. The predicted molar refractivity (Wildman–Crippen MR) is 112 cm³/mol. The standard InChI is InChI=1S/C20H22ClN5OS/c1-14(8-9-16-6-4-3-5-7-16)22-19(27)15(2)28-20-23-24-25-26(20)18-12-10-17(21)11-13-18/h3-7,10-15H,8-9H2,1-2H3,(H,22,27)/t14-,15+/m0/s1. The molecule has 0 fully saturated rings. The van der Waals surface area contributed by atoms with Gasteiger partial charge in [-0.05, 0) is 66.9 Å². The Hall–Kier alpha value is -2.38. The molecule has 2 atom stereocenters. The number of nitrogens with one attached hydrogen (secondary N) is 1. The van der Waals surface area contributed by atoms with Crippen molar-refractivity contribution in [1.29, 1.82) is 0 Å². The second-order valence-corrected chi connectivity index (χ2v) is 8.29. The van der Waals surface area contributed by atoms with Gasteiger partial charge in [0, 0.05) is 11.1 Å². The Morgan fingerprint density at radius 2 is 1.86 bits per heavy atom. The van der Waals surface area contributed by atoms with Crippen LogP contribution in [0.1, 0.15) is 25.8 Å². The molecule has 0 unspecified atom stereocenters. The van der Waals surface area contributed by atoms with Crippen LogP contribution in [-0.4, -0.2) is 37.4 Å². The summed E-state index contributed by atoms with van der Waals surface area (Å²) < 4.78 is 1.60. The van der Waals surface area contributed by atoms with E-state index < -0.39 is 0 Å². The highest BCUT2D eigenvalue weighted by molar-refractivity contribution is 8.00. The number of halogens is 1. The van der Waals surface area contributed by atoms with Gasteiger partial charge in [-0.15, -0.1) is 5.10 Å². The molecule has 8 heteroatoms. The highest BCUT2D eigenvalue weighted by Gasteiger charge is 2.20. The van der Waals surface area contributed by atoms with E-state index in [1.54, 1.807) is 16.8 Å². The van der Waals surface area contributed by atoms with Crippen LogP contribution in [0.15, 0.2) is 59.8 Å². The van der Waals surface area contributed by atoms with Gasteiger partial charge < -0.3 is 5.32 Å². The normalized spacial score (nSPS) is 13.1. The lowest BCUT2D eigenvalue weighted by Gasteiger charge is -2.17. The molecule has 0 radical (unpaired) electrons. The summed E-state index contributed by atoms with van der Waals surface area (Å²) in [4.78, 5) is 12.6. The number of hydrogen-bond acceptors (Lipinski definition) is 5. The zero-order valence-electron chi connectivity index (χ0n) is 15.7. The van der Waals surface area contributed by atoms with Crippen molar-refractivity contribution in [1.82, 2.24) is 25.5 Å². The van der Waals surface area contributed by atoms with E-state index in [4.69, 9.17) is 11.6 Å². The van der Waals surface area contributed by atoms with E-state index in [0.717, 1.165) is 18.5 Å². The topological polar surface area (TPSA) is 72.7 Å². The number of rotatable bonds is 8. The Morgan fingerprint density at radius 3 is 2.57 bits per heavy atom. The minimum atomic E-state index is -0.323. The highest BCUT2D eigenvalue weighted by Crippen LogP contribution is 2.23. The summed E-state index contributed by atoms with van der Waals surface area (Å²) >= 11 is 7.26. The van der Waals surface area contributed by atoms with E-state index in [0.29, 0.717) is 10.2 Å². The van der Waals surface area contributed by atoms with Crippen LogP contribution in [0.25, 0.3) is 5.69 Å². The maximum atomic E-state index is 12.6. The first-order chi connectivity index (χ1) is 13.5. The molecule has 0 bridgehead atoms. The van der Waals surface area contributed by atoms with Crippen molar-refractivity contribution in [3.63, 3.8) is 0 Å². The molecule has 0 saturated carbocycles. The number of benzene rings is 2. The van der Waals surface area contributed by atoms with Gasteiger partial charge in [-0.3, -0.25) is 4.79 Å².